The van der Waals surface area contributed by atoms with E-state index in [-0.39, 0.29) is 11.3 Å². The molecule has 1 rings (SSSR count). The van der Waals surface area contributed by atoms with Gasteiger partial charge in [-0.2, -0.15) is 0 Å². The lowest BCUT2D eigenvalue weighted by atomic mass is 10.2. The summed E-state index contributed by atoms with van der Waals surface area (Å²) < 4.78 is 5.80. The van der Waals surface area contributed by atoms with Gasteiger partial charge in [0.05, 0.1) is 4.47 Å². The number of carboxylic acid groups (broad SMARTS) is 1. The van der Waals surface area contributed by atoms with Crippen molar-refractivity contribution in [3.8, 4) is 5.75 Å². The highest BCUT2D eigenvalue weighted by Gasteiger charge is 2.17. The molecule has 1 aromatic rings. The first-order valence-electron chi connectivity index (χ1n) is 3.82. The Balaban J connectivity index is 3.33. The maximum absolute atomic E-state index is 10.9. The van der Waals surface area contributed by atoms with E-state index < -0.39 is 11.9 Å². The van der Waals surface area contributed by atoms with E-state index in [1.165, 1.54) is 13.0 Å². The highest BCUT2D eigenvalue weighted by atomic mass is 79.9. The number of ether oxygens (including phenoxy) is 1. The largest absolute Gasteiger partial charge is 0.478 e. The highest BCUT2D eigenvalue weighted by molar-refractivity contribution is 9.11. The van der Waals surface area contributed by atoms with E-state index in [1.807, 2.05) is 0 Å². The van der Waals surface area contributed by atoms with Crippen molar-refractivity contribution in [1.82, 2.24) is 0 Å². The van der Waals surface area contributed by atoms with E-state index in [0.29, 0.717) is 8.95 Å². The van der Waals surface area contributed by atoms with E-state index >= 15 is 0 Å². The molecular weight excluding hydrogens is 332 g/mol. The van der Waals surface area contributed by atoms with Gasteiger partial charge >= 0.3 is 11.9 Å². The number of hydrogen-bond acceptors (Lipinski definition) is 3. The Morgan fingerprint density at radius 2 is 1.93 bits per heavy atom. The Bertz CT molecular complexity index is 428. The first kappa shape index (κ1) is 12.2. The molecule has 4 nitrogen and oxygen atoms in total. The lowest BCUT2D eigenvalue weighted by Gasteiger charge is -2.08. The van der Waals surface area contributed by atoms with Crippen LogP contribution in [-0.4, -0.2) is 17.0 Å². The Labute approximate surface area is 102 Å². The van der Waals surface area contributed by atoms with E-state index in [1.54, 1.807) is 6.07 Å². The fourth-order valence-corrected chi connectivity index (χ4v) is 2.27. The number of carbonyl (C=O) groups excluding carboxylic acids is 1. The first-order chi connectivity index (χ1) is 6.91. The van der Waals surface area contributed by atoms with Crippen LogP contribution in [0.3, 0.4) is 0 Å². The molecule has 0 radical (unpaired) electrons. The van der Waals surface area contributed by atoms with Crippen LogP contribution in [0.1, 0.15) is 17.3 Å². The van der Waals surface area contributed by atoms with Crippen LogP contribution in [-0.2, 0) is 4.79 Å². The molecule has 0 amide bonds. The molecule has 0 saturated carbocycles. The predicted molar refractivity (Wildman–Crippen MR) is 60.1 cm³/mol. The van der Waals surface area contributed by atoms with Gasteiger partial charge in [0.25, 0.3) is 0 Å². The summed E-state index contributed by atoms with van der Waals surface area (Å²) in [5, 5.41) is 8.89. The van der Waals surface area contributed by atoms with Crippen molar-refractivity contribution in [2.24, 2.45) is 0 Å². The standard InChI is InChI=1S/C9H6Br2O4/c1-4(12)15-8-6(9(13)14)2-5(10)3-7(8)11/h2-3H,1H3,(H,13,14). The number of benzene rings is 1. The molecule has 0 aliphatic carbocycles. The summed E-state index contributed by atoms with van der Waals surface area (Å²) in [6.07, 6.45) is 0. The summed E-state index contributed by atoms with van der Waals surface area (Å²) in [5.74, 6) is -1.72. The van der Waals surface area contributed by atoms with Gasteiger partial charge in [-0.15, -0.1) is 0 Å². The van der Waals surface area contributed by atoms with Crippen LogP contribution in [0, 0.1) is 0 Å². The van der Waals surface area contributed by atoms with E-state index in [4.69, 9.17) is 9.84 Å². The molecule has 15 heavy (non-hydrogen) atoms. The van der Waals surface area contributed by atoms with E-state index in [2.05, 4.69) is 31.9 Å². The van der Waals surface area contributed by atoms with Gasteiger partial charge in [0.1, 0.15) is 5.56 Å². The first-order valence-corrected chi connectivity index (χ1v) is 5.41. The Kier molecular flexibility index (Phi) is 3.87. The normalized spacial score (nSPS) is 9.80. The van der Waals surface area contributed by atoms with Crippen LogP contribution in [0.4, 0.5) is 0 Å². The fraction of sp³-hybridized carbons (Fsp3) is 0.111. The summed E-state index contributed by atoms with van der Waals surface area (Å²) in [6, 6.07) is 2.97. The lowest BCUT2D eigenvalue weighted by Crippen LogP contribution is -2.08. The van der Waals surface area contributed by atoms with Gasteiger partial charge in [0.15, 0.2) is 5.75 Å². The molecule has 0 heterocycles. The van der Waals surface area contributed by atoms with Crippen molar-refractivity contribution in [3.05, 3.63) is 26.6 Å². The molecule has 1 aromatic carbocycles. The molecule has 0 fully saturated rings. The second-order valence-corrected chi connectivity index (χ2v) is 4.43. The van der Waals surface area contributed by atoms with E-state index in [9.17, 15) is 9.59 Å². The van der Waals surface area contributed by atoms with Crippen molar-refractivity contribution in [3.63, 3.8) is 0 Å². The minimum Gasteiger partial charge on any atom is -0.478 e. The van der Waals surface area contributed by atoms with Crippen molar-refractivity contribution in [2.75, 3.05) is 0 Å². The van der Waals surface area contributed by atoms with Gasteiger partial charge in [-0.1, -0.05) is 15.9 Å². The Hall–Kier alpha value is -0.880. The molecule has 0 saturated heterocycles. The van der Waals surface area contributed by atoms with Crippen LogP contribution in [0.5, 0.6) is 5.75 Å². The zero-order valence-electron chi connectivity index (χ0n) is 7.58. The number of rotatable bonds is 2. The minimum absolute atomic E-state index is 0.0122. The SMILES string of the molecule is CC(=O)Oc1c(Br)cc(Br)cc1C(=O)O. The van der Waals surface area contributed by atoms with Gasteiger partial charge < -0.3 is 9.84 Å². The van der Waals surface area contributed by atoms with Crippen LogP contribution in [0.15, 0.2) is 21.1 Å². The van der Waals surface area contributed by atoms with Crippen molar-refractivity contribution in [2.45, 2.75) is 6.92 Å². The van der Waals surface area contributed by atoms with Gasteiger partial charge in [-0.3, -0.25) is 4.79 Å². The number of carboxylic acids is 1. The average Bonchev–Trinajstić information content (AvgIpc) is 2.08. The molecule has 0 bridgehead atoms. The molecule has 0 unspecified atom stereocenters. The maximum atomic E-state index is 10.9. The van der Waals surface area contributed by atoms with E-state index in [0.717, 1.165) is 0 Å². The molecular formula is C9H6Br2O4. The second-order valence-electron chi connectivity index (χ2n) is 2.66. The molecule has 0 aromatic heterocycles. The van der Waals surface area contributed by atoms with Crippen LogP contribution >= 0.6 is 31.9 Å². The molecule has 1 N–H and O–H groups in total. The Morgan fingerprint density at radius 3 is 2.40 bits per heavy atom. The summed E-state index contributed by atoms with van der Waals surface area (Å²) in [7, 11) is 0. The zero-order chi connectivity index (χ0) is 11.6. The monoisotopic (exact) mass is 336 g/mol. The number of esters is 1. The summed E-state index contributed by atoms with van der Waals surface area (Å²) in [5.41, 5.74) is -0.0774. The molecule has 0 aliphatic rings. The smallest absolute Gasteiger partial charge is 0.339 e. The number of halogens is 2. The second kappa shape index (κ2) is 4.76. The quantitative estimate of drug-likeness (QED) is 0.665. The summed E-state index contributed by atoms with van der Waals surface area (Å²) in [4.78, 5) is 21.7. The third-order valence-electron chi connectivity index (χ3n) is 1.48. The van der Waals surface area contributed by atoms with Crippen LogP contribution in [0.25, 0.3) is 0 Å². The molecule has 0 atom stereocenters. The van der Waals surface area contributed by atoms with Gasteiger partial charge in [0.2, 0.25) is 0 Å². The minimum atomic E-state index is -1.16. The van der Waals surface area contributed by atoms with Crippen LogP contribution in [0.2, 0.25) is 0 Å². The molecule has 0 spiro atoms. The zero-order valence-corrected chi connectivity index (χ0v) is 10.8. The van der Waals surface area contributed by atoms with Crippen molar-refractivity contribution in [1.29, 1.82) is 0 Å². The summed E-state index contributed by atoms with van der Waals surface area (Å²) >= 11 is 6.27. The third-order valence-corrected chi connectivity index (χ3v) is 2.53. The average molecular weight is 338 g/mol. The van der Waals surface area contributed by atoms with Gasteiger partial charge in [-0.05, 0) is 28.1 Å². The summed E-state index contributed by atoms with van der Waals surface area (Å²) in [6.45, 7) is 1.21. The molecule has 6 heteroatoms. The highest BCUT2D eigenvalue weighted by Crippen LogP contribution is 2.33. The fourth-order valence-electron chi connectivity index (χ4n) is 0.967. The number of aromatic carboxylic acids is 1. The lowest BCUT2D eigenvalue weighted by molar-refractivity contribution is -0.131. The Morgan fingerprint density at radius 1 is 1.33 bits per heavy atom. The van der Waals surface area contributed by atoms with Gasteiger partial charge in [-0.25, -0.2) is 4.79 Å². The van der Waals surface area contributed by atoms with Crippen LogP contribution < -0.4 is 4.74 Å². The van der Waals surface area contributed by atoms with Crippen molar-refractivity contribution >= 4 is 43.8 Å². The van der Waals surface area contributed by atoms with Crippen molar-refractivity contribution < 1.29 is 19.4 Å². The number of hydrogen-bond donors (Lipinski definition) is 1. The maximum Gasteiger partial charge on any atom is 0.339 e. The third kappa shape index (κ3) is 3.04. The molecule has 80 valence electrons. The number of carbonyl (C=O) groups is 2. The topological polar surface area (TPSA) is 63.6 Å². The molecule has 0 aliphatic heterocycles. The predicted octanol–water partition coefficient (Wildman–Crippen LogP) is 2.84. The van der Waals surface area contributed by atoms with Gasteiger partial charge in [0, 0.05) is 11.4 Å².